The number of para-hydroxylation sites is 1. The van der Waals surface area contributed by atoms with Gasteiger partial charge < -0.3 is 19.3 Å². The SMILES string of the molecule is COCCC(=O)N1CCCCCCN(C)C(=O)c2ccccc2OC[C@@H]1Cc1ccccc1. The van der Waals surface area contributed by atoms with Crippen molar-refractivity contribution >= 4 is 11.8 Å². The monoisotopic (exact) mass is 452 g/mol. The van der Waals surface area contributed by atoms with E-state index < -0.39 is 0 Å². The molecule has 1 heterocycles. The van der Waals surface area contributed by atoms with Gasteiger partial charge in [0.15, 0.2) is 0 Å². The summed E-state index contributed by atoms with van der Waals surface area (Å²) < 4.78 is 11.4. The fraction of sp³-hybridized carbons (Fsp3) is 0.481. The van der Waals surface area contributed by atoms with Crippen LogP contribution in [0.5, 0.6) is 5.75 Å². The lowest BCUT2D eigenvalue weighted by molar-refractivity contribution is -0.135. The summed E-state index contributed by atoms with van der Waals surface area (Å²) in [5.74, 6) is 0.613. The smallest absolute Gasteiger partial charge is 0.257 e. The molecular weight excluding hydrogens is 416 g/mol. The van der Waals surface area contributed by atoms with Crippen LogP contribution in [0.15, 0.2) is 54.6 Å². The van der Waals surface area contributed by atoms with Gasteiger partial charge in [0.05, 0.1) is 24.6 Å². The van der Waals surface area contributed by atoms with Crippen LogP contribution < -0.4 is 4.74 Å². The predicted octanol–water partition coefficient (Wildman–Crippen LogP) is 4.19. The quantitative estimate of drug-likeness (QED) is 0.683. The Morgan fingerprint density at radius 1 is 1.00 bits per heavy atom. The van der Waals surface area contributed by atoms with Crippen molar-refractivity contribution in [1.82, 2.24) is 9.80 Å². The first kappa shape index (κ1) is 24.8. The number of ether oxygens (including phenoxy) is 2. The minimum absolute atomic E-state index is 0.0321. The third-order valence-corrected chi connectivity index (χ3v) is 6.13. The lowest BCUT2D eigenvalue weighted by Gasteiger charge is -2.33. The van der Waals surface area contributed by atoms with Gasteiger partial charge in [-0.3, -0.25) is 9.59 Å². The van der Waals surface area contributed by atoms with E-state index in [4.69, 9.17) is 9.47 Å². The van der Waals surface area contributed by atoms with Crippen molar-refractivity contribution in [3.63, 3.8) is 0 Å². The maximum Gasteiger partial charge on any atom is 0.257 e. The molecule has 0 radical (unpaired) electrons. The number of hydrogen-bond donors (Lipinski definition) is 0. The average molecular weight is 453 g/mol. The highest BCUT2D eigenvalue weighted by molar-refractivity contribution is 5.96. The molecule has 0 aliphatic carbocycles. The topological polar surface area (TPSA) is 59.1 Å². The largest absolute Gasteiger partial charge is 0.491 e. The lowest BCUT2D eigenvalue weighted by Crippen LogP contribution is -2.46. The van der Waals surface area contributed by atoms with Crippen LogP contribution in [0.2, 0.25) is 0 Å². The fourth-order valence-corrected chi connectivity index (χ4v) is 4.24. The van der Waals surface area contributed by atoms with Gasteiger partial charge in [-0.25, -0.2) is 0 Å². The van der Waals surface area contributed by atoms with Gasteiger partial charge >= 0.3 is 0 Å². The van der Waals surface area contributed by atoms with E-state index in [0.29, 0.717) is 50.5 Å². The Morgan fingerprint density at radius 2 is 1.70 bits per heavy atom. The van der Waals surface area contributed by atoms with Crippen molar-refractivity contribution < 1.29 is 19.1 Å². The van der Waals surface area contributed by atoms with Crippen molar-refractivity contribution in [2.45, 2.75) is 44.6 Å². The van der Waals surface area contributed by atoms with E-state index in [1.54, 1.807) is 12.0 Å². The van der Waals surface area contributed by atoms with Gasteiger partial charge in [0.25, 0.3) is 5.91 Å². The van der Waals surface area contributed by atoms with Crippen LogP contribution in [-0.4, -0.2) is 68.1 Å². The summed E-state index contributed by atoms with van der Waals surface area (Å²) in [6.07, 6.45) is 4.95. The second-order valence-corrected chi connectivity index (χ2v) is 8.62. The molecule has 1 aliphatic rings. The second-order valence-electron chi connectivity index (χ2n) is 8.62. The van der Waals surface area contributed by atoms with Gasteiger partial charge in [-0.2, -0.15) is 0 Å². The molecule has 2 aromatic rings. The molecule has 2 aromatic carbocycles. The maximum absolute atomic E-state index is 13.2. The average Bonchev–Trinajstić information content (AvgIpc) is 2.84. The van der Waals surface area contributed by atoms with Crippen molar-refractivity contribution in [1.29, 1.82) is 0 Å². The summed E-state index contributed by atoms with van der Waals surface area (Å²) in [5.41, 5.74) is 1.72. The van der Waals surface area contributed by atoms with Crippen molar-refractivity contribution in [2.75, 3.05) is 40.5 Å². The summed E-state index contributed by atoms with van der Waals surface area (Å²) in [4.78, 5) is 29.9. The first-order chi connectivity index (χ1) is 16.1. The Morgan fingerprint density at radius 3 is 2.45 bits per heavy atom. The molecule has 2 amide bonds. The molecule has 178 valence electrons. The van der Waals surface area contributed by atoms with Crippen LogP contribution >= 0.6 is 0 Å². The Hall–Kier alpha value is -2.86. The standard InChI is InChI=1S/C27H36N2O4/c1-28-17-10-3-4-11-18-29(26(30)16-19-32-2)23(20-22-12-6-5-7-13-22)21-33-25-15-9-8-14-24(25)27(28)31/h5-9,12-15,23H,3-4,10-11,16-21H2,1-2H3/t23-/m0/s1. The lowest BCUT2D eigenvalue weighted by atomic mass is 10.0. The van der Waals surface area contributed by atoms with Crippen molar-refractivity contribution in [2.24, 2.45) is 0 Å². The molecule has 0 unspecified atom stereocenters. The van der Waals surface area contributed by atoms with E-state index >= 15 is 0 Å². The molecule has 0 aromatic heterocycles. The number of hydrogen-bond acceptors (Lipinski definition) is 4. The molecule has 3 rings (SSSR count). The highest BCUT2D eigenvalue weighted by Crippen LogP contribution is 2.22. The van der Waals surface area contributed by atoms with Crippen LogP contribution in [0.1, 0.15) is 48.0 Å². The zero-order chi connectivity index (χ0) is 23.5. The highest BCUT2D eigenvalue weighted by atomic mass is 16.5. The zero-order valence-electron chi connectivity index (χ0n) is 19.9. The number of carbonyl (C=O) groups excluding carboxylic acids is 2. The number of nitrogens with zero attached hydrogens (tertiary/aromatic N) is 2. The molecule has 33 heavy (non-hydrogen) atoms. The first-order valence-electron chi connectivity index (χ1n) is 11.9. The van der Waals surface area contributed by atoms with Crippen molar-refractivity contribution in [3.05, 3.63) is 65.7 Å². The molecule has 0 N–H and O–H groups in total. The predicted molar refractivity (Wildman–Crippen MR) is 130 cm³/mol. The second kappa shape index (κ2) is 13.0. The molecule has 1 atom stereocenters. The molecular formula is C27H36N2O4. The summed E-state index contributed by atoms with van der Waals surface area (Å²) in [6.45, 7) is 2.12. The number of amides is 2. The van der Waals surface area contributed by atoms with Gasteiger partial charge in [-0.15, -0.1) is 0 Å². The van der Waals surface area contributed by atoms with Crippen LogP contribution in [0.3, 0.4) is 0 Å². The molecule has 6 heteroatoms. The Bertz CT molecular complexity index is 887. The van der Waals surface area contributed by atoms with E-state index in [2.05, 4.69) is 12.1 Å². The fourth-order valence-electron chi connectivity index (χ4n) is 4.24. The third-order valence-electron chi connectivity index (χ3n) is 6.13. The van der Waals surface area contributed by atoms with Crippen LogP contribution in [-0.2, 0) is 16.0 Å². The summed E-state index contributed by atoms with van der Waals surface area (Å²) >= 11 is 0. The maximum atomic E-state index is 13.2. The number of methoxy groups -OCH3 is 1. The number of carbonyl (C=O) groups is 2. The van der Waals surface area contributed by atoms with Gasteiger partial charge in [0, 0.05) is 27.2 Å². The molecule has 0 saturated heterocycles. The third kappa shape index (κ3) is 7.32. The minimum Gasteiger partial charge on any atom is -0.491 e. The van der Waals surface area contributed by atoms with Crippen LogP contribution in [0.4, 0.5) is 0 Å². The molecule has 0 spiro atoms. The Kier molecular flexibility index (Phi) is 9.76. The van der Waals surface area contributed by atoms with Gasteiger partial charge in [0.1, 0.15) is 12.4 Å². The van der Waals surface area contributed by atoms with Crippen LogP contribution in [0, 0.1) is 0 Å². The summed E-state index contributed by atoms with van der Waals surface area (Å²) in [6, 6.07) is 17.4. The van der Waals surface area contributed by atoms with Gasteiger partial charge in [0.2, 0.25) is 5.91 Å². The van der Waals surface area contributed by atoms with E-state index in [0.717, 1.165) is 31.2 Å². The first-order valence-corrected chi connectivity index (χ1v) is 11.9. The van der Waals surface area contributed by atoms with Crippen LogP contribution in [0.25, 0.3) is 0 Å². The van der Waals surface area contributed by atoms with E-state index in [1.165, 1.54) is 0 Å². The van der Waals surface area contributed by atoms with E-state index in [-0.39, 0.29) is 17.9 Å². The van der Waals surface area contributed by atoms with Gasteiger partial charge in [-0.1, -0.05) is 55.3 Å². The number of benzene rings is 2. The summed E-state index contributed by atoms with van der Waals surface area (Å²) in [5, 5.41) is 0. The minimum atomic E-state index is -0.138. The van der Waals surface area contributed by atoms with E-state index in [1.807, 2.05) is 54.4 Å². The highest BCUT2D eigenvalue weighted by Gasteiger charge is 2.26. The zero-order valence-corrected chi connectivity index (χ0v) is 19.9. The van der Waals surface area contributed by atoms with Gasteiger partial charge in [-0.05, 0) is 37.0 Å². The normalized spacial score (nSPS) is 18.2. The molecule has 6 nitrogen and oxygen atoms in total. The molecule has 1 aliphatic heterocycles. The Balaban J connectivity index is 1.90. The Labute approximate surface area is 197 Å². The molecule has 0 fully saturated rings. The number of fused-ring (bicyclic) bond motifs is 1. The van der Waals surface area contributed by atoms with E-state index in [9.17, 15) is 9.59 Å². The van der Waals surface area contributed by atoms with Crippen molar-refractivity contribution in [3.8, 4) is 5.75 Å². The number of rotatable bonds is 5. The molecule has 0 saturated carbocycles. The summed E-state index contributed by atoms with van der Waals surface area (Å²) in [7, 11) is 3.46. The molecule has 0 bridgehead atoms.